The van der Waals surface area contributed by atoms with Crippen molar-refractivity contribution in [3.63, 3.8) is 0 Å². The molecule has 0 saturated heterocycles. The van der Waals surface area contributed by atoms with Gasteiger partial charge in [-0.2, -0.15) is 0 Å². The van der Waals surface area contributed by atoms with Crippen molar-refractivity contribution < 1.29 is 23.9 Å². The molecule has 2 heterocycles. The number of hydrogen-bond acceptors (Lipinski definition) is 8. The Kier molecular flexibility index (Phi) is 15.0. The Morgan fingerprint density at radius 2 is 1.42 bits per heavy atom. The summed E-state index contributed by atoms with van der Waals surface area (Å²) >= 11 is 0. The molecule has 3 aliphatic rings. The number of benzene rings is 2. The number of rotatable bonds is 16. The quantitative estimate of drug-likeness (QED) is 0.0646. The van der Waals surface area contributed by atoms with Crippen LogP contribution in [0, 0.1) is 42.4 Å². The maximum Gasteiger partial charge on any atom is 0.407 e. The number of imidazole rings is 2. The highest BCUT2D eigenvalue weighted by atomic mass is 31.1. The summed E-state index contributed by atoms with van der Waals surface area (Å²) in [6.07, 6.45) is 14.9. The molecule has 7 rings (SSSR count). The highest BCUT2D eigenvalue weighted by Crippen LogP contribution is 2.46. The number of nitrogens with zero attached hydrogens (tertiary/aromatic N) is 4. The van der Waals surface area contributed by atoms with E-state index in [9.17, 15) is 14.4 Å². The third-order valence-electron chi connectivity index (χ3n) is 12.7. The standard InChI is InChI=1S/C46H61N8O5P.C2H2/c1-25(2)38(51-45(56)58-8)24-60-54(43-28(6)29(43)7)23-41-48-20-36(49-41)31-15-13-30(14-16-31)35-19-33(18-32-11-10-12-34(32)35)37-21-47-40(50-37)22-53(39-17-27(39)5)44(55)42(26(3)4)52-46(57)59-9;1-2/h13-16,18-21,24-29,38-39,42-43H,10-12,17,22-23H2,1-9H3,(H,47,50)(H,48,49)(H,51,56)(H,52,57);1-2H/t27-,28+,29?,38?,39+,42?,43?;/m0./s1. The van der Waals surface area contributed by atoms with Crippen molar-refractivity contribution >= 4 is 32.2 Å². The van der Waals surface area contributed by atoms with Crippen LogP contribution in [0.25, 0.3) is 33.6 Å². The van der Waals surface area contributed by atoms with E-state index in [0.29, 0.717) is 42.7 Å². The minimum absolute atomic E-state index is 0.101. The van der Waals surface area contributed by atoms with Crippen LogP contribution in [0.4, 0.5) is 9.59 Å². The summed E-state index contributed by atoms with van der Waals surface area (Å²) in [6, 6.07) is 13.0. The number of amides is 3. The van der Waals surface area contributed by atoms with Gasteiger partial charge >= 0.3 is 12.2 Å². The summed E-state index contributed by atoms with van der Waals surface area (Å²) in [5, 5.41) is 5.71. The van der Waals surface area contributed by atoms with E-state index in [1.807, 2.05) is 31.1 Å². The van der Waals surface area contributed by atoms with Gasteiger partial charge in [0.25, 0.3) is 0 Å². The van der Waals surface area contributed by atoms with Gasteiger partial charge in [-0.05, 0) is 109 Å². The zero-order chi connectivity index (χ0) is 44.8. The van der Waals surface area contributed by atoms with E-state index in [-0.39, 0.29) is 29.8 Å². The van der Waals surface area contributed by atoms with Gasteiger partial charge < -0.3 is 35.0 Å². The number of hydrogen-bond donors (Lipinski definition) is 4. The van der Waals surface area contributed by atoms with Crippen LogP contribution in [0.5, 0.6) is 0 Å². The number of ether oxygens (including phenoxy) is 2. The van der Waals surface area contributed by atoms with Crippen LogP contribution in [-0.2, 0) is 40.2 Å². The fourth-order valence-corrected chi connectivity index (χ4v) is 10.1. The lowest BCUT2D eigenvalue weighted by atomic mass is 9.93. The van der Waals surface area contributed by atoms with E-state index in [4.69, 9.17) is 19.4 Å². The summed E-state index contributed by atoms with van der Waals surface area (Å²) in [5.74, 6) is 5.33. The number of fused-ring (bicyclic) bond motifs is 1. The molecule has 4 unspecified atom stereocenters. The van der Waals surface area contributed by atoms with Crippen LogP contribution in [0.3, 0.4) is 0 Å². The molecule has 330 valence electrons. The molecule has 3 aliphatic carbocycles. The number of aryl methyl sites for hydroxylation is 1. The van der Waals surface area contributed by atoms with Gasteiger partial charge in [0, 0.05) is 17.6 Å². The molecular weight excluding hydrogens is 800 g/mol. The van der Waals surface area contributed by atoms with Crippen molar-refractivity contribution in [3.8, 4) is 46.5 Å². The van der Waals surface area contributed by atoms with Gasteiger partial charge in [0.1, 0.15) is 17.7 Å². The molecular formula is C48H63N8O5P. The normalized spacial score (nSPS) is 20.9. The van der Waals surface area contributed by atoms with Gasteiger partial charge in [-0.1, -0.05) is 72.7 Å². The highest BCUT2D eigenvalue weighted by Gasteiger charge is 2.47. The third kappa shape index (κ3) is 10.6. The van der Waals surface area contributed by atoms with Gasteiger partial charge in [-0.25, -0.2) is 24.2 Å². The predicted octanol–water partition coefficient (Wildman–Crippen LogP) is 8.49. The second-order valence-electron chi connectivity index (χ2n) is 17.7. The molecule has 4 N–H and O–H groups in total. The van der Waals surface area contributed by atoms with Crippen molar-refractivity contribution in [1.29, 1.82) is 0 Å². The number of methoxy groups -OCH3 is 2. The molecule has 4 aromatic rings. The first-order valence-electron chi connectivity index (χ1n) is 21.7. The Balaban J connectivity index is 0.00000316. The van der Waals surface area contributed by atoms with E-state index in [0.717, 1.165) is 67.9 Å². The number of carbonyl (C=O) groups excluding carboxylic acids is 3. The Morgan fingerprint density at radius 1 is 0.839 bits per heavy atom. The topological polar surface area (TPSA) is 158 Å². The van der Waals surface area contributed by atoms with Crippen molar-refractivity contribution in [3.05, 3.63) is 71.6 Å². The number of aromatic amines is 2. The van der Waals surface area contributed by atoms with Gasteiger partial charge in [0.05, 0.1) is 57.1 Å². The zero-order valence-corrected chi connectivity index (χ0v) is 38.5. The fraction of sp³-hybridized carbons (Fsp3) is 0.500. The van der Waals surface area contributed by atoms with Crippen LogP contribution >= 0.6 is 8.35 Å². The Morgan fingerprint density at radius 3 is 1.98 bits per heavy atom. The molecule has 2 saturated carbocycles. The van der Waals surface area contributed by atoms with Crippen LogP contribution in [-0.4, -0.2) is 91.8 Å². The highest BCUT2D eigenvalue weighted by molar-refractivity contribution is 7.36. The van der Waals surface area contributed by atoms with Gasteiger partial charge in [-0.15, -0.1) is 12.8 Å². The average Bonchev–Trinajstić information content (AvgIpc) is 3.76. The lowest BCUT2D eigenvalue weighted by Gasteiger charge is -2.29. The molecule has 2 aromatic heterocycles. The second-order valence-corrected chi connectivity index (χ2v) is 18.7. The van der Waals surface area contributed by atoms with E-state index in [1.165, 1.54) is 30.9 Å². The molecule has 13 nitrogen and oxygen atoms in total. The molecule has 0 spiro atoms. The molecule has 2 fully saturated rings. The number of nitrogens with one attached hydrogen (secondary N) is 4. The van der Waals surface area contributed by atoms with Gasteiger partial charge in [0.2, 0.25) is 5.91 Å². The van der Waals surface area contributed by atoms with E-state index >= 15 is 0 Å². The van der Waals surface area contributed by atoms with E-state index < -0.39 is 18.2 Å². The lowest BCUT2D eigenvalue weighted by Crippen LogP contribution is -2.52. The van der Waals surface area contributed by atoms with Crippen LogP contribution in [0.1, 0.15) is 84.1 Å². The van der Waals surface area contributed by atoms with E-state index in [1.54, 1.807) is 0 Å². The lowest BCUT2D eigenvalue weighted by molar-refractivity contribution is -0.136. The van der Waals surface area contributed by atoms with Crippen molar-refractivity contribution in [2.24, 2.45) is 29.6 Å². The largest absolute Gasteiger partial charge is 0.453 e. The van der Waals surface area contributed by atoms with E-state index in [2.05, 4.69) is 115 Å². The third-order valence-corrected chi connectivity index (χ3v) is 13.9. The number of carbonyl (C=O) groups is 3. The number of terminal acetylenes is 1. The maximum absolute atomic E-state index is 13.9. The molecule has 14 heteroatoms. The van der Waals surface area contributed by atoms with Crippen LogP contribution < -0.4 is 10.6 Å². The Hall–Kier alpha value is -5.44. The first kappa shape index (κ1) is 46.1. The van der Waals surface area contributed by atoms with Crippen molar-refractivity contribution in [2.75, 3.05) is 14.2 Å². The minimum Gasteiger partial charge on any atom is -0.453 e. The first-order valence-corrected chi connectivity index (χ1v) is 22.7. The summed E-state index contributed by atoms with van der Waals surface area (Å²) in [5.41, 5.74) is 9.16. The number of alkyl carbamates (subject to hydrolysis) is 2. The molecule has 0 radical (unpaired) electrons. The van der Waals surface area contributed by atoms with Crippen molar-refractivity contribution in [2.45, 2.75) is 111 Å². The molecule has 0 aliphatic heterocycles. The van der Waals surface area contributed by atoms with Gasteiger partial charge in [-0.3, -0.25) is 4.79 Å². The predicted molar refractivity (Wildman–Crippen MR) is 246 cm³/mol. The number of aromatic nitrogens is 4. The molecule has 2 aromatic carbocycles. The fourth-order valence-electron chi connectivity index (χ4n) is 8.55. The zero-order valence-electron chi connectivity index (χ0n) is 37.6. The number of H-pyrrole nitrogens is 2. The Bertz CT molecular complexity index is 2240. The Labute approximate surface area is 368 Å². The molecule has 7 atom stereocenters. The smallest absolute Gasteiger partial charge is 0.407 e. The SMILES string of the molecule is C#C.COC(=O)NC(C=PN(Cc1ncc(-c2ccc(-c3cc(-c4cnc(CN(C(=O)C(NC(=O)OC)C(C)C)[C@@H]5C[C@@H]5C)[nH]4)cc4c3CCC4)cc2)[nH]1)C1C(C)[C@H]1C)C(C)C. The minimum atomic E-state index is -0.693. The summed E-state index contributed by atoms with van der Waals surface area (Å²) in [7, 11) is 3.74. The van der Waals surface area contributed by atoms with Crippen molar-refractivity contribution in [1.82, 2.24) is 40.1 Å². The monoisotopic (exact) mass is 862 g/mol. The first-order chi connectivity index (χ1) is 29.8. The average molecular weight is 863 g/mol. The van der Waals surface area contributed by atoms with Crippen LogP contribution in [0.15, 0.2) is 48.8 Å². The molecule has 62 heavy (non-hydrogen) atoms. The van der Waals surface area contributed by atoms with Crippen LogP contribution in [0.2, 0.25) is 0 Å². The maximum atomic E-state index is 13.9. The summed E-state index contributed by atoms with van der Waals surface area (Å²) in [4.78, 5) is 56.5. The summed E-state index contributed by atoms with van der Waals surface area (Å²) < 4.78 is 12.1. The second kappa shape index (κ2) is 20.2. The van der Waals surface area contributed by atoms with Gasteiger partial charge in [0.15, 0.2) is 0 Å². The summed E-state index contributed by atoms with van der Waals surface area (Å²) in [6.45, 7) is 15.8. The molecule has 0 bridgehead atoms. The molecule has 3 amide bonds.